The number of carboxylic acids is 1. The summed E-state index contributed by atoms with van der Waals surface area (Å²) in [5, 5.41) is 8.80. The van der Waals surface area contributed by atoms with Crippen LogP contribution in [0.1, 0.15) is 24.9 Å². The highest BCUT2D eigenvalue weighted by atomic mass is 16.5. The first-order valence-electron chi connectivity index (χ1n) is 4.87. The maximum Gasteiger partial charge on any atom is 0.325 e. The molecule has 1 aromatic rings. The summed E-state index contributed by atoms with van der Waals surface area (Å²) in [5.41, 5.74) is 6.04. The molecule has 0 saturated heterocycles. The minimum Gasteiger partial charge on any atom is -0.493 e. The monoisotopic (exact) mass is 209 g/mol. The van der Waals surface area contributed by atoms with Gasteiger partial charge in [-0.25, -0.2) is 0 Å². The van der Waals surface area contributed by atoms with Gasteiger partial charge in [0.1, 0.15) is 11.8 Å². The van der Waals surface area contributed by atoms with Gasteiger partial charge in [-0.2, -0.15) is 0 Å². The van der Waals surface area contributed by atoms with Crippen LogP contribution in [-0.2, 0) is 4.79 Å². The highest BCUT2D eigenvalue weighted by Crippen LogP contribution is 2.23. The van der Waals surface area contributed by atoms with Crippen molar-refractivity contribution < 1.29 is 14.6 Å². The second kappa shape index (κ2) is 5.36. The van der Waals surface area contributed by atoms with Crippen molar-refractivity contribution in [2.24, 2.45) is 5.73 Å². The van der Waals surface area contributed by atoms with E-state index in [4.69, 9.17) is 15.6 Å². The van der Waals surface area contributed by atoms with E-state index < -0.39 is 12.0 Å². The lowest BCUT2D eigenvalue weighted by Gasteiger charge is -2.13. The van der Waals surface area contributed by atoms with E-state index in [1.807, 2.05) is 6.92 Å². The molecule has 1 unspecified atom stereocenters. The summed E-state index contributed by atoms with van der Waals surface area (Å²) in [5.74, 6) is -0.503. The van der Waals surface area contributed by atoms with E-state index in [9.17, 15) is 4.79 Å². The van der Waals surface area contributed by atoms with Crippen molar-refractivity contribution in [2.75, 3.05) is 6.61 Å². The summed E-state index contributed by atoms with van der Waals surface area (Å²) in [7, 11) is 0. The Kier molecular flexibility index (Phi) is 4.12. The van der Waals surface area contributed by atoms with E-state index in [2.05, 4.69) is 0 Å². The molecule has 0 aromatic heterocycles. The van der Waals surface area contributed by atoms with Gasteiger partial charge in [-0.3, -0.25) is 4.79 Å². The van der Waals surface area contributed by atoms with Crippen LogP contribution in [-0.4, -0.2) is 17.7 Å². The van der Waals surface area contributed by atoms with Gasteiger partial charge >= 0.3 is 5.97 Å². The topological polar surface area (TPSA) is 72.5 Å². The largest absolute Gasteiger partial charge is 0.493 e. The van der Waals surface area contributed by atoms with Gasteiger partial charge in [-0.15, -0.1) is 0 Å². The van der Waals surface area contributed by atoms with Crippen LogP contribution in [0, 0.1) is 0 Å². The number of hydrogen-bond donors (Lipinski definition) is 2. The Hall–Kier alpha value is -1.55. The Bertz CT molecular complexity index is 338. The van der Waals surface area contributed by atoms with E-state index >= 15 is 0 Å². The van der Waals surface area contributed by atoms with Gasteiger partial charge in [0, 0.05) is 5.56 Å². The molecule has 1 aromatic carbocycles. The molecule has 0 aliphatic carbocycles. The highest BCUT2D eigenvalue weighted by Gasteiger charge is 2.18. The predicted octanol–water partition coefficient (Wildman–Crippen LogP) is 1.56. The standard InChI is InChI=1S/C11H15NO3/c1-2-7-15-9-6-4-3-5-8(9)10(12)11(13)14/h3-6,10H,2,7,12H2,1H3,(H,13,14). The van der Waals surface area contributed by atoms with E-state index in [0.717, 1.165) is 6.42 Å². The van der Waals surface area contributed by atoms with Crippen LogP contribution < -0.4 is 10.5 Å². The molecule has 0 radical (unpaired) electrons. The van der Waals surface area contributed by atoms with Crippen molar-refractivity contribution >= 4 is 5.97 Å². The zero-order chi connectivity index (χ0) is 11.3. The fourth-order valence-electron chi connectivity index (χ4n) is 1.21. The van der Waals surface area contributed by atoms with Crippen molar-refractivity contribution in [3.8, 4) is 5.75 Å². The SMILES string of the molecule is CCCOc1ccccc1C(N)C(=O)O. The summed E-state index contributed by atoms with van der Waals surface area (Å²) in [4.78, 5) is 10.7. The molecule has 1 rings (SSSR count). The zero-order valence-electron chi connectivity index (χ0n) is 8.64. The first-order chi connectivity index (χ1) is 7.16. The van der Waals surface area contributed by atoms with Crippen LogP contribution in [0.25, 0.3) is 0 Å². The molecule has 0 bridgehead atoms. The average Bonchev–Trinajstić information content (AvgIpc) is 2.25. The summed E-state index contributed by atoms with van der Waals surface area (Å²) >= 11 is 0. The molecule has 15 heavy (non-hydrogen) atoms. The van der Waals surface area contributed by atoms with Crippen LogP contribution in [0.2, 0.25) is 0 Å². The summed E-state index contributed by atoms with van der Waals surface area (Å²) in [6.07, 6.45) is 0.872. The molecule has 4 nitrogen and oxygen atoms in total. The van der Waals surface area contributed by atoms with E-state index in [1.165, 1.54) is 0 Å². The van der Waals surface area contributed by atoms with Crippen molar-refractivity contribution in [1.82, 2.24) is 0 Å². The fourth-order valence-corrected chi connectivity index (χ4v) is 1.21. The van der Waals surface area contributed by atoms with Crippen LogP contribution in [0.5, 0.6) is 5.75 Å². The predicted molar refractivity (Wildman–Crippen MR) is 56.8 cm³/mol. The lowest BCUT2D eigenvalue weighted by Crippen LogP contribution is -2.21. The Labute approximate surface area is 88.7 Å². The normalized spacial score (nSPS) is 12.1. The average molecular weight is 209 g/mol. The molecule has 82 valence electrons. The lowest BCUT2D eigenvalue weighted by atomic mass is 10.1. The quantitative estimate of drug-likeness (QED) is 0.771. The lowest BCUT2D eigenvalue weighted by molar-refractivity contribution is -0.138. The number of ether oxygens (including phenoxy) is 1. The molecule has 3 N–H and O–H groups in total. The molecule has 1 atom stereocenters. The first kappa shape index (κ1) is 11.5. The van der Waals surface area contributed by atoms with Crippen LogP contribution in [0.4, 0.5) is 0 Å². The maximum atomic E-state index is 10.7. The second-order valence-electron chi connectivity index (χ2n) is 3.20. The minimum atomic E-state index is -1.05. The second-order valence-corrected chi connectivity index (χ2v) is 3.20. The Balaban J connectivity index is 2.90. The molecular formula is C11H15NO3. The molecule has 0 amide bonds. The molecule has 0 saturated carbocycles. The molecule has 0 heterocycles. The minimum absolute atomic E-state index is 0.512. The number of carboxylic acid groups (broad SMARTS) is 1. The third-order valence-corrected chi connectivity index (χ3v) is 1.98. The Morgan fingerprint density at radius 1 is 1.53 bits per heavy atom. The van der Waals surface area contributed by atoms with Crippen LogP contribution in [0.15, 0.2) is 24.3 Å². The summed E-state index contributed by atoms with van der Waals surface area (Å²) in [6, 6.07) is 5.91. The summed E-state index contributed by atoms with van der Waals surface area (Å²) < 4.78 is 5.41. The van der Waals surface area contributed by atoms with Crippen molar-refractivity contribution in [1.29, 1.82) is 0 Å². The van der Waals surface area contributed by atoms with Gasteiger partial charge < -0.3 is 15.6 Å². The molecular weight excluding hydrogens is 194 g/mol. The number of hydrogen-bond acceptors (Lipinski definition) is 3. The molecule has 0 aliphatic rings. The van der Waals surface area contributed by atoms with Gasteiger partial charge in [0.25, 0.3) is 0 Å². The van der Waals surface area contributed by atoms with E-state index in [-0.39, 0.29) is 0 Å². The van der Waals surface area contributed by atoms with Crippen LogP contribution >= 0.6 is 0 Å². The number of carbonyl (C=O) groups is 1. The van der Waals surface area contributed by atoms with Gasteiger partial charge in [0.15, 0.2) is 0 Å². The smallest absolute Gasteiger partial charge is 0.325 e. The number of benzene rings is 1. The highest BCUT2D eigenvalue weighted by molar-refractivity contribution is 5.76. The fraction of sp³-hybridized carbons (Fsp3) is 0.364. The Morgan fingerprint density at radius 3 is 2.80 bits per heavy atom. The molecule has 0 aliphatic heterocycles. The van der Waals surface area contributed by atoms with E-state index in [0.29, 0.717) is 17.9 Å². The van der Waals surface area contributed by atoms with Crippen molar-refractivity contribution in [3.63, 3.8) is 0 Å². The number of para-hydroxylation sites is 1. The third-order valence-electron chi connectivity index (χ3n) is 1.98. The van der Waals surface area contributed by atoms with Gasteiger partial charge in [0.2, 0.25) is 0 Å². The third kappa shape index (κ3) is 2.95. The molecule has 0 spiro atoms. The molecule has 0 fully saturated rings. The first-order valence-corrected chi connectivity index (χ1v) is 4.87. The van der Waals surface area contributed by atoms with Crippen LogP contribution in [0.3, 0.4) is 0 Å². The van der Waals surface area contributed by atoms with Gasteiger partial charge in [-0.1, -0.05) is 25.1 Å². The number of aliphatic carboxylic acids is 1. The van der Waals surface area contributed by atoms with Crippen molar-refractivity contribution in [3.05, 3.63) is 29.8 Å². The number of nitrogens with two attached hydrogens (primary N) is 1. The molecule has 4 heteroatoms. The zero-order valence-corrected chi connectivity index (χ0v) is 8.64. The summed E-state index contributed by atoms with van der Waals surface area (Å²) in [6.45, 7) is 2.54. The Morgan fingerprint density at radius 2 is 2.20 bits per heavy atom. The van der Waals surface area contributed by atoms with E-state index in [1.54, 1.807) is 24.3 Å². The van der Waals surface area contributed by atoms with Crippen molar-refractivity contribution in [2.45, 2.75) is 19.4 Å². The van der Waals surface area contributed by atoms with Gasteiger partial charge in [0.05, 0.1) is 6.61 Å². The number of rotatable bonds is 5. The van der Waals surface area contributed by atoms with Gasteiger partial charge in [-0.05, 0) is 12.5 Å². The maximum absolute atomic E-state index is 10.7.